The molecule has 0 aromatic heterocycles. The van der Waals surface area contributed by atoms with Crippen LogP contribution in [0.4, 0.5) is 5.69 Å². The summed E-state index contributed by atoms with van der Waals surface area (Å²) < 4.78 is 5.15. The van der Waals surface area contributed by atoms with E-state index in [2.05, 4.69) is 11.4 Å². The van der Waals surface area contributed by atoms with Gasteiger partial charge in [-0.25, -0.2) is 0 Å². The number of ether oxygens (including phenoxy) is 1. The third-order valence-corrected chi connectivity index (χ3v) is 5.58. The second-order valence-electron chi connectivity index (χ2n) is 7.27. The molecule has 1 aliphatic carbocycles. The lowest BCUT2D eigenvalue weighted by molar-refractivity contribution is -0.135. The van der Waals surface area contributed by atoms with E-state index >= 15 is 0 Å². The van der Waals surface area contributed by atoms with Gasteiger partial charge in [-0.15, -0.1) is 0 Å². The molecule has 1 fully saturated rings. The number of hydrogen-bond acceptors (Lipinski definition) is 3. The van der Waals surface area contributed by atoms with Gasteiger partial charge in [0.25, 0.3) is 0 Å². The summed E-state index contributed by atoms with van der Waals surface area (Å²) in [5, 5.41) is 2.97. The van der Waals surface area contributed by atoms with Gasteiger partial charge < -0.3 is 15.0 Å². The van der Waals surface area contributed by atoms with E-state index in [0.29, 0.717) is 25.9 Å². The fourth-order valence-corrected chi connectivity index (χ4v) is 3.75. The van der Waals surface area contributed by atoms with Crippen LogP contribution in [-0.2, 0) is 22.4 Å². The number of methoxy groups -OCH3 is 1. The Kier molecular flexibility index (Phi) is 4.60. The van der Waals surface area contributed by atoms with Crippen molar-refractivity contribution in [2.45, 2.75) is 25.7 Å². The van der Waals surface area contributed by atoms with E-state index in [1.54, 1.807) is 12.0 Å². The Morgan fingerprint density at radius 1 is 1.11 bits per heavy atom. The van der Waals surface area contributed by atoms with Crippen LogP contribution in [0.25, 0.3) is 0 Å². The molecule has 27 heavy (non-hydrogen) atoms. The maximum Gasteiger partial charge on any atom is 0.242 e. The van der Waals surface area contributed by atoms with E-state index in [1.165, 1.54) is 5.56 Å². The minimum atomic E-state index is -0.864. The SMILES string of the molecule is COc1ccc(CCNC(=O)C2(C(=O)N3CCc4ccccc43)CC2)cc1. The molecule has 2 aliphatic rings. The zero-order chi connectivity index (χ0) is 18.9. The van der Waals surface area contributed by atoms with Crippen LogP contribution in [0, 0.1) is 5.41 Å². The molecule has 0 atom stereocenters. The largest absolute Gasteiger partial charge is 0.497 e. The van der Waals surface area contributed by atoms with Crippen molar-refractivity contribution in [1.29, 1.82) is 0 Å². The average Bonchev–Trinajstić information content (AvgIpc) is 3.41. The standard InChI is InChI=1S/C22H24N2O3/c1-27-18-8-6-16(7-9-18)10-14-23-20(25)22(12-13-22)21(26)24-15-11-17-4-2-3-5-19(17)24/h2-9H,10-15H2,1H3,(H,23,25). The molecule has 1 aliphatic heterocycles. The van der Waals surface area contributed by atoms with Crippen LogP contribution in [0.5, 0.6) is 5.75 Å². The fourth-order valence-electron chi connectivity index (χ4n) is 3.75. The van der Waals surface area contributed by atoms with E-state index < -0.39 is 5.41 Å². The highest BCUT2D eigenvalue weighted by Crippen LogP contribution is 2.49. The number of nitrogens with zero attached hydrogens (tertiary/aromatic N) is 1. The molecule has 0 saturated heterocycles. The molecule has 5 nitrogen and oxygen atoms in total. The van der Waals surface area contributed by atoms with Crippen molar-refractivity contribution in [3.8, 4) is 5.75 Å². The first-order valence-electron chi connectivity index (χ1n) is 9.45. The van der Waals surface area contributed by atoms with Gasteiger partial charge in [0.1, 0.15) is 11.2 Å². The molecule has 4 rings (SSSR count). The van der Waals surface area contributed by atoms with E-state index in [9.17, 15) is 9.59 Å². The number of nitrogens with one attached hydrogen (secondary N) is 1. The van der Waals surface area contributed by atoms with Crippen molar-refractivity contribution in [3.63, 3.8) is 0 Å². The van der Waals surface area contributed by atoms with Crippen molar-refractivity contribution in [3.05, 3.63) is 59.7 Å². The number of amides is 2. The molecule has 0 radical (unpaired) electrons. The van der Waals surface area contributed by atoms with Crippen LogP contribution in [0.1, 0.15) is 24.0 Å². The van der Waals surface area contributed by atoms with Crippen LogP contribution in [0.3, 0.4) is 0 Å². The first kappa shape index (κ1) is 17.6. The molecular formula is C22H24N2O3. The third-order valence-electron chi connectivity index (χ3n) is 5.58. The van der Waals surface area contributed by atoms with E-state index in [-0.39, 0.29) is 11.8 Å². The zero-order valence-corrected chi connectivity index (χ0v) is 15.5. The number of hydrogen-bond donors (Lipinski definition) is 1. The maximum atomic E-state index is 13.1. The second-order valence-corrected chi connectivity index (χ2v) is 7.27. The van der Waals surface area contributed by atoms with Crippen LogP contribution < -0.4 is 15.0 Å². The molecule has 140 valence electrons. The quantitative estimate of drug-likeness (QED) is 0.802. The molecule has 5 heteroatoms. The van der Waals surface area contributed by atoms with Gasteiger partial charge in [0, 0.05) is 18.8 Å². The van der Waals surface area contributed by atoms with Crippen molar-refractivity contribution < 1.29 is 14.3 Å². The number of fused-ring (bicyclic) bond motifs is 1. The number of carbonyl (C=O) groups excluding carboxylic acids is 2. The zero-order valence-electron chi connectivity index (χ0n) is 15.5. The van der Waals surface area contributed by atoms with Crippen molar-refractivity contribution in [1.82, 2.24) is 5.32 Å². The Balaban J connectivity index is 1.36. The van der Waals surface area contributed by atoms with Gasteiger partial charge >= 0.3 is 0 Å². The van der Waals surface area contributed by atoms with Crippen LogP contribution in [0.2, 0.25) is 0 Å². The predicted molar refractivity (Wildman–Crippen MR) is 104 cm³/mol. The summed E-state index contributed by atoms with van der Waals surface area (Å²) in [4.78, 5) is 27.6. The summed E-state index contributed by atoms with van der Waals surface area (Å²) in [6, 6.07) is 15.8. The smallest absolute Gasteiger partial charge is 0.242 e. The molecule has 2 amide bonds. The Morgan fingerprint density at radius 2 is 1.85 bits per heavy atom. The van der Waals surface area contributed by atoms with E-state index in [1.807, 2.05) is 42.5 Å². The minimum absolute atomic E-state index is 0.0469. The predicted octanol–water partition coefficient (Wildman–Crippen LogP) is 2.72. The first-order chi connectivity index (χ1) is 13.1. The Hall–Kier alpha value is -2.82. The summed E-state index contributed by atoms with van der Waals surface area (Å²) in [7, 11) is 1.64. The van der Waals surface area contributed by atoms with Gasteiger partial charge in [0.15, 0.2) is 0 Å². The monoisotopic (exact) mass is 364 g/mol. The normalized spacial score (nSPS) is 16.6. The molecule has 2 aromatic carbocycles. The van der Waals surface area contributed by atoms with Gasteiger partial charge in [-0.05, 0) is 55.0 Å². The minimum Gasteiger partial charge on any atom is -0.497 e. The lowest BCUT2D eigenvalue weighted by atomic mass is 10.0. The summed E-state index contributed by atoms with van der Waals surface area (Å²) in [5.41, 5.74) is 2.40. The van der Waals surface area contributed by atoms with Crippen molar-refractivity contribution in [2.24, 2.45) is 5.41 Å². The second kappa shape index (κ2) is 7.06. The van der Waals surface area contributed by atoms with Gasteiger partial charge in [0.05, 0.1) is 7.11 Å². The van der Waals surface area contributed by atoms with Crippen molar-refractivity contribution >= 4 is 17.5 Å². The lowest BCUT2D eigenvalue weighted by Gasteiger charge is -2.23. The van der Waals surface area contributed by atoms with Gasteiger partial charge in [-0.3, -0.25) is 9.59 Å². The van der Waals surface area contributed by atoms with Crippen LogP contribution in [-0.4, -0.2) is 32.0 Å². The number of rotatable bonds is 6. The van der Waals surface area contributed by atoms with Crippen LogP contribution >= 0.6 is 0 Å². The number of carbonyl (C=O) groups is 2. The summed E-state index contributed by atoms with van der Waals surface area (Å²) >= 11 is 0. The van der Waals surface area contributed by atoms with Crippen LogP contribution in [0.15, 0.2) is 48.5 Å². The Labute approximate surface area is 159 Å². The third kappa shape index (κ3) is 3.29. The Morgan fingerprint density at radius 3 is 2.56 bits per heavy atom. The molecule has 1 N–H and O–H groups in total. The number of para-hydroxylation sites is 1. The van der Waals surface area contributed by atoms with E-state index in [4.69, 9.17) is 4.74 Å². The molecule has 0 unspecified atom stereocenters. The van der Waals surface area contributed by atoms with Gasteiger partial charge in [-0.1, -0.05) is 30.3 Å². The summed E-state index contributed by atoms with van der Waals surface area (Å²) in [6.07, 6.45) is 2.86. The summed E-state index contributed by atoms with van der Waals surface area (Å²) in [5.74, 6) is 0.635. The van der Waals surface area contributed by atoms with Crippen molar-refractivity contribution in [2.75, 3.05) is 25.1 Å². The number of benzene rings is 2. The molecular weight excluding hydrogens is 340 g/mol. The molecule has 2 aromatic rings. The molecule has 0 spiro atoms. The summed E-state index contributed by atoms with van der Waals surface area (Å²) in [6.45, 7) is 1.19. The number of anilines is 1. The Bertz CT molecular complexity index is 856. The molecule has 0 bridgehead atoms. The van der Waals surface area contributed by atoms with E-state index in [0.717, 1.165) is 29.8 Å². The highest BCUT2D eigenvalue weighted by Gasteiger charge is 2.58. The first-order valence-corrected chi connectivity index (χ1v) is 9.45. The molecule has 1 heterocycles. The molecule has 1 saturated carbocycles. The highest BCUT2D eigenvalue weighted by atomic mass is 16.5. The fraction of sp³-hybridized carbons (Fsp3) is 0.364. The average molecular weight is 364 g/mol. The topological polar surface area (TPSA) is 58.6 Å². The maximum absolute atomic E-state index is 13.1. The van der Waals surface area contributed by atoms with Gasteiger partial charge in [0.2, 0.25) is 11.8 Å². The highest BCUT2D eigenvalue weighted by molar-refractivity contribution is 6.14. The van der Waals surface area contributed by atoms with Gasteiger partial charge in [-0.2, -0.15) is 0 Å². The lowest BCUT2D eigenvalue weighted by Crippen LogP contribution is -2.45.